The van der Waals surface area contributed by atoms with Gasteiger partial charge in [0.2, 0.25) is 5.88 Å². The van der Waals surface area contributed by atoms with E-state index < -0.39 is 11.7 Å². The number of benzene rings is 3. The Morgan fingerprint density at radius 1 is 1.06 bits per heavy atom. The van der Waals surface area contributed by atoms with Crippen molar-refractivity contribution in [3.05, 3.63) is 98.0 Å². The molecular formula is C26H22FIN4O4. The lowest BCUT2D eigenvalue weighted by Gasteiger charge is -2.17. The maximum absolute atomic E-state index is 13.5. The minimum Gasteiger partial charge on any atom is -0.493 e. The first-order valence-electron chi connectivity index (χ1n) is 11.2. The van der Waals surface area contributed by atoms with Gasteiger partial charge in [0.25, 0.3) is 0 Å². The number of fused-ring (bicyclic) bond motifs is 1. The molecular weight excluding hydrogens is 578 g/mol. The molecule has 0 radical (unpaired) electrons. The van der Waals surface area contributed by atoms with Crippen molar-refractivity contribution >= 4 is 33.6 Å². The standard InChI is InChI=1S/C26H22FIN4O4/c27-17-5-1-15(2-6-17)13-22(24-29-20-10-7-18(28)14-21(20)30-24)32-25(34)23(31-26(32)35)16-3-8-19(9-4-16)36-12-11-33/h1-10,14,22,33-34H,11-13H2,(H,29,30)(H,31,35)/t22-/m1/s1. The number of H-pyrrole nitrogens is 2. The fourth-order valence-electron chi connectivity index (χ4n) is 4.12. The number of aromatic hydroxyl groups is 1. The SMILES string of the molecule is O=c1[nH]c(-c2ccc(OCCO)cc2)c(O)n1[C@H](Cc1ccc(F)cc1)c1nc2ccc(I)cc2[nH]1. The number of hydrogen-bond acceptors (Lipinski definition) is 5. The van der Waals surface area contributed by atoms with Crippen molar-refractivity contribution in [3.63, 3.8) is 0 Å². The van der Waals surface area contributed by atoms with Crippen molar-refractivity contribution in [3.8, 4) is 22.9 Å². The summed E-state index contributed by atoms with van der Waals surface area (Å²) in [6, 6.07) is 17.9. The predicted octanol–water partition coefficient (Wildman–Crippen LogP) is 4.37. The average molecular weight is 600 g/mol. The lowest BCUT2D eigenvalue weighted by molar-refractivity contribution is 0.201. The Morgan fingerprint density at radius 3 is 2.53 bits per heavy atom. The third-order valence-corrected chi connectivity index (χ3v) is 6.51. The number of imidazole rings is 2. The Labute approximate surface area is 218 Å². The van der Waals surface area contributed by atoms with Crippen molar-refractivity contribution < 1.29 is 19.3 Å². The fraction of sp³-hybridized carbons (Fsp3) is 0.154. The van der Waals surface area contributed by atoms with Crippen LogP contribution in [0.1, 0.15) is 17.4 Å². The van der Waals surface area contributed by atoms with Gasteiger partial charge in [-0.3, -0.25) is 4.57 Å². The van der Waals surface area contributed by atoms with Crippen LogP contribution >= 0.6 is 22.6 Å². The van der Waals surface area contributed by atoms with Crippen molar-refractivity contribution in [2.24, 2.45) is 0 Å². The van der Waals surface area contributed by atoms with Crippen LogP contribution in [-0.4, -0.2) is 42.9 Å². The second-order valence-corrected chi connectivity index (χ2v) is 9.47. The summed E-state index contributed by atoms with van der Waals surface area (Å²) in [5.41, 5.74) is 2.64. The van der Waals surface area contributed by atoms with Crippen molar-refractivity contribution in [2.45, 2.75) is 12.5 Å². The van der Waals surface area contributed by atoms with Gasteiger partial charge in [0.1, 0.15) is 35.7 Å². The van der Waals surface area contributed by atoms with Crippen LogP contribution in [0.5, 0.6) is 11.6 Å². The molecule has 0 saturated heterocycles. The number of ether oxygens (including phenoxy) is 1. The molecule has 0 amide bonds. The number of nitrogens with zero attached hydrogens (tertiary/aromatic N) is 2. The van der Waals surface area contributed by atoms with E-state index in [9.17, 15) is 14.3 Å². The van der Waals surface area contributed by atoms with Crippen LogP contribution in [0.25, 0.3) is 22.3 Å². The number of aliphatic hydroxyl groups excluding tert-OH is 1. The number of aromatic nitrogens is 4. The second kappa shape index (κ2) is 10.2. The van der Waals surface area contributed by atoms with Gasteiger partial charge >= 0.3 is 5.69 Å². The van der Waals surface area contributed by atoms with Crippen molar-refractivity contribution in [1.29, 1.82) is 0 Å². The molecule has 10 heteroatoms. The highest BCUT2D eigenvalue weighted by Gasteiger charge is 2.26. The molecule has 36 heavy (non-hydrogen) atoms. The third kappa shape index (κ3) is 4.86. The van der Waals surface area contributed by atoms with E-state index in [1.165, 1.54) is 16.7 Å². The topological polar surface area (TPSA) is 116 Å². The van der Waals surface area contributed by atoms with E-state index in [4.69, 9.17) is 14.8 Å². The fourth-order valence-corrected chi connectivity index (χ4v) is 4.62. The first kappa shape index (κ1) is 24.1. The van der Waals surface area contributed by atoms with E-state index in [-0.39, 0.29) is 37.0 Å². The lowest BCUT2D eigenvalue weighted by atomic mass is 10.0. The summed E-state index contributed by atoms with van der Waals surface area (Å²) in [6.07, 6.45) is 0.288. The molecule has 2 aromatic heterocycles. The average Bonchev–Trinajstić information content (AvgIpc) is 3.42. The number of aromatic amines is 2. The minimum absolute atomic E-state index is 0.102. The molecule has 1 atom stereocenters. The minimum atomic E-state index is -0.690. The van der Waals surface area contributed by atoms with E-state index in [0.717, 1.165) is 20.2 Å². The molecule has 5 rings (SSSR count). The number of halogens is 2. The smallest absolute Gasteiger partial charge is 0.329 e. The molecule has 0 bridgehead atoms. The molecule has 0 aliphatic carbocycles. The zero-order valence-corrected chi connectivity index (χ0v) is 21.1. The largest absolute Gasteiger partial charge is 0.493 e. The maximum Gasteiger partial charge on any atom is 0.329 e. The van der Waals surface area contributed by atoms with Crippen LogP contribution < -0.4 is 10.4 Å². The van der Waals surface area contributed by atoms with Gasteiger partial charge < -0.3 is 24.9 Å². The summed E-state index contributed by atoms with van der Waals surface area (Å²) < 4.78 is 21.2. The van der Waals surface area contributed by atoms with Crippen LogP contribution in [0.2, 0.25) is 0 Å². The Balaban J connectivity index is 1.58. The number of rotatable bonds is 8. The summed E-state index contributed by atoms with van der Waals surface area (Å²) in [4.78, 5) is 23.9. The Kier molecular flexibility index (Phi) is 6.79. The highest BCUT2D eigenvalue weighted by Crippen LogP contribution is 2.33. The molecule has 0 aliphatic rings. The highest BCUT2D eigenvalue weighted by atomic mass is 127. The Bertz CT molecular complexity index is 1560. The first-order chi connectivity index (χ1) is 17.4. The van der Waals surface area contributed by atoms with E-state index in [2.05, 4.69) is 32.6 Å². The first-order valence-corrected chi connectivity index (χ1v) is 12.3. The van der Waals surface area contributed by atoms with Gasteiger partial charge in [-0.1, -0.05) is 12.1 Å². The molecule has 0 aliphatic heterocycles. The molecule has 5 aromatic rings. The lowest BCUT2D eigenvalue weighted by Crippen LogP contribution is -2.25. The van der Waals surface area contributed by atoms with Gasteiger partial charge in [-0.25, -0.2) is 14.2 Å². The number of nitrogens with one attached hydrogen (secondary N) is 2. The molecule has 4 N–H and O–H groups in total. The molecule has 0 fully saturated rings. The normalized spacial score (nSPS) is 12.2. The summed E-state index contributed by atoms with van der Waals surface area (Å²) >= 11 is 2.21. The van der Waals surface area contributed by atoms with Gasteiger partial charge in [-0.2, -0.15) is 0 Å². The number of aliphatic hydroxyl groups is 1. The van der Waals surface area contributed by atoms with Crippen molar-refractivity contribution in [1.82, 2.24) is 19.5 Å². The van der Waals surface area contributed by atoms with Gasteiger partial charge in [0.15, 0.2) is 0 Å². The maximum atomic E-state index is 13.5. The third-order valence-electron chi connectivity index (χ3n) is 5.84. The van der Waals surface area contributed by atoms with Gasteiger partial charge in [0, 0.05) is 15.6 Å². The molecule has 0 unspecified atom stereocenters. The zero-order valence-electron chi connectivity index (χ0n) is 18.9. The quantitative estimate of drug-likeness (QED) is 0.198. The monoisotopic (exact) mass is 600 g/mol. The summed E-state index contributed by atoms with van der Waals surface area (Å²) in [5, 5.41) is 20.1. The van der Waals surface area contributed by atoms with Gasteiger partial charge in [-0.05, 0) is 82.8 Å². The van der Waals surface area contributed by atoms with E-state index >= 15 is 0 Å². The number of hydrogen-bond donors (Lipinski definition) is 4. The van der Waals surface area contributed by atoms with Crippen LogP contribution in [0, 0.1) is 9.39 Å². The zero-order chi connectivity index (χ0) is 25.2. The Hall–Kier alpha value is -3.64. The van der Waals surface area contributed by atoms with Crippen LogP contribution in [0.3, 0.4) is 0 Å². The summed E-state index contributed by atoms with van der Waals surface area (Å²) in [6.45, 7) is 0.0640. The van der Waals surface area contributed by atoms with Crippen LogP contribution in [-0.2, 0) is 6.42 Å². The Morgan fingerprint density at radius 2 is 1.81 bits per heavy atom. The van der Waals surface area contributed by atoms with Crippen molar-refractivity contribution in [2.75, 3.05) is 13.2 Å². The van der Waals surface area contributed by atoms with E-state index in [0.29, 0.717) is 17.1 Å². The molecule has 0 spiro atoms. The van der Waals surface area contributed by atoms with Crippen LogP contribution in [0.4, 0.5) is 4.39 Å². The molecule has 2 heterocycles. The second-order valence-electron chi connectivity index (χ2n) is 8.23. The van der Waals surface area contributed by atoms with Gasteiger partial charge in [-0.15, -0.1) is 0 Å². The molecule has 0 saturated carbocycles. The summed E-state index contributed by atoms with van der Waals surface area (Å²) in [5.74, 6) is 0.447. The summed E-state index contributed by atoms with van der Waals surface area (Å²) in [7, 11) is 0. The molecule has 184 valence electrons. The molecule has 8 nitrogen and oxygen atoms in total. The van der Waals surface area contributed by atoms with E-state index in [1.54, 1.807) is 36.4 Å². The highest BCUT2D eigenvalue weighted by molar-refractivity contribution is 14.1. The van der Waals surface area contributed by atoms with Gasteiger partial charge in [0.05, 0.1) is 17.6 Å². The molecule has 3 aromatic carbocycles. The van der Waals surface area contributed by atoms with E-state index in [1.807, 2.05) is 18.2 Å². The predicted molar refractivity (Wildman–Crippen MR) is 142 cm³/mol. The van der Waals surface area contributed by atoms with Crippen LogP contribution in [0.15, 0.2) is 71.5 Å².